The Bertz CT molecular complexity index is 498. The minimum atomic E-state index is -1.06. The zero-order valence-corrected chi connectivity index (χ0v) is 12.9. The van der Waals surface area contributed by atoms with E-state index in [4.69, 9.17) is 0 Å². The van der Waals surface area contributed by atoms with E-state index in [2.05, 4.69) is 19.6 Å². The molecule has 6 heteroatoms. The highest BCUT2D eigenvalue weighted by molar-refractivity contribution is 5.92. The summed E-state index contributed by atoms with van der Waals surface area (Å²) in [6, 6.07) is 3.70. The molecule has 0 fully saturated rings. The molecule has 0 aromatic heterocycles. The molecule has 0 aliphatic carbocycles. The van der Waals surface area contributed by atoms with Crippen LogP contribution >= 0.6 is 0 Å². The molecule has 0 aliphatic heterocycles. The highest BCUT2D eigenvalue weighted by Gasteiger charge is 2.17. The van der Waals surface area contributed by atoms with E-state index in [1.165, 1.54) is 0 Å². The van der Waals surface area contributed by atoms with Gasteiger partial charge in [0.25, 0.3) is 0 Å². The van der Waals surface area contributed by atoms with Crippen LogP contribution in [0, 0.1) is 26.7 Å². The van der Waals surface area contributed by atoms with E-state index in [0.29, 0.717) is 5.56 Å². The van der Waals surface area contributed by atoms with Gasteiger partial charge in [-0.15, -0.1) is 0 Å². The Balaban J connectivity index is 2.50. The summed E-state index contributed by atoms with van der Waals surface area (Å²) in [4.78, 5) is 31.6. The smallest absolute Gasteiger partial charge is 0.432 e. The molecule has 0 saturated carbocycles. The average molecular weight is 296 g/mol. The van der Waals surface area contributed by atoms with Crippen LogP contribution in [-0.2, 0) is 19.6 Å². The van der Waals surface area contributed by atoms with Crippen molar-refractivity contribution in [3.05, 3.63) is 34.4 Å². The van der Waals surface area contributed by atoms with Crippen LogP contribution in [0.5, 0.6) is 0 Å². The van der Waals surface area contributed by atoms with E-state index >= 15 is 0 Å². The molecule has 0 amide bonds. The third-order valence-corrected chi connectivity index (χ3v) is 2.63. The van der Waals surface area contributed by atoms with Gasteiger partial charge in [0.1, 0.15) is 0 Å². The normalized spacial score (nSPS) is 10.4. The van der Waals surface area contributed by atoms with Crippen molar-refractivity contribution in [2.75, 3.05) is 6.61 Å². The van der Waals surface area contributed by atoms with Gasteiger partial charge in [0, 0.05) is 0 Å². The molecule has 1 aromatic rings. The van der Waals surface area contributed by atoms with E-state index in [-0.39, 0.29) is 12.5 Å². The Morgan fingerprint density at radius 2 is 1.62 bits per heavy atom. The average Bonchev–Trinajstić information content (AvgIpc) is 2.35. The molecule has 0 atom stereocenters. The fraction of sp³-hybridized carbons (Fsp3) is 0.467. The maximum atomic E-state index is 11.9. The van der Waals surface area contributed by atoms with E-state index in [0.717, 1.165) is 16.7 Å². The van der Waals surface area contributed by atoms with Crippen LogP contribution in [0.2, 0.25) is 0 Å². The molecule has 1 aromatic carbocycles. The topological polar surface area (TPSA) is 71.1 Å². The Labute approximate surface area is 123 Å². The van der Waals surface area contributed by atoms with Gasteiger partial charge in [0.05, 0.1) is 17.2 Å². The molecule has 0 saturated heterocycles. The van der Waals surface area contributed by atoms with Crippen LogP contribution in [0.4, 0.5) is 4.79 Å². The van der Waals surface area contributed by atoms with Crippen molar-refractivity contribution in [3.8, 4) is 0 Å². The van der Waals surface area contributed by atoms with Gasteiger partial charge in [-0.1, -0.05) is 31.5 Å². The number of aryl methyl sites for hydroxylation is 3. The zero-order valence-electron chi connectivity index (χ0n) is 12.9. The Morgan fingerprint density at radius 1 is 1.05 bits per heavy atom. The van der Waals surface area contributed by atoms with Gasteiger partial charge >= 0.3 is 12.1 Å². The lowest BCUT2D eigenvalue weighted by Gasteiger charge is -2.09. The van der Waals surface area contributed by atoms with Gasteiger partial charge in [-0.05, 0) is 37.8 Å². The van der Waals surface area contributed by atoms with E-state index < -0.39 is 12.1 Å². The van der Waals surface area contributed by atoms with Crippen molar-refractivity contribution >= 4 is 12.1 Å². The summed E-state index contributed by atoms with van der Waals surface area (Å²) in [5.74, 6) is -0.570. The zero-order chi connectivity index (χ0) is 16.0. The third kappa shape index (κ3) is 5.43. The molecule has 1 rings (SSSR count). The molecule has 116 valence electrons. The molecule has 21 heavy (non-hydrogen) atoms. The number of hydrogen-bond acceptors (Lipinski definition) is 6. The largest absolute Gasteiger partial charge is 0.543 e. The van der Waals surface area contributed by atoms with Crippen LogP contribution in [-0.4, -0.2) is 18.7 Å². The summed E-state index contributed by atoms with van der Waals surface area (Å²) >= 11 is 0. The lowest BCUT2D eigenvalue weighted by Crippen LogP contribution is -2.15. The second-order valence-electron chi connectivity index (χ2n) is 5.25. The van der Waals surface area contributed by atoms with Gasteiger partial charge in [0.2, 0.25) is 0 Å². The summed E-state index contributed by atoms with van der Waals surface area (Å²) in [6.45, 7) is 9.43. The van der Waals surface area contributed by atoms with Crippen LogP contribution in [0.1, 0.15) is 40.9 Å². The molecule has 0 radical (unpaired) electrons. The van der Waals surface area contributed by atoms with E-state index in [1.807, 2.05) is 32.9 Å². The standard InChI is InChI=1S/C15H20O6/c1-9(2)8-18-15(17)20-21-19-14(16)13-11(4)6-10(3)7-12(13)5/h6-7,9H,8H2,1-5H3. The van der Waals surface area contributed by atoms with Crippen LogP contribution in [0.25, 0.3) is 0 Å². The molecular formula is C15H20O6. The van der Waals surface area contributed by atoms with Gasteiger partial charge < -0.3 is 4.74 Å². The predicted molar refractivity (Wildman–Crippen MR) is 74.4 cm³/mol. The Morgan fingerprint density at radius 3 is 2.14 bits per heavy atom. The first kappa shape index (κ1) is 17.0. The number of rotatable bonds is 5. The number of carbonyl (C=O) groups is 2. The second kappa shape index (κ2) is 7.64. The minimum Gasteiger partial charge on any atom is -0.432 e. The van der Waals surface area contributed by atoms with Crippen molar-refractivity contribution in [1.29, 1.82) is 0 Å². The molecule has 0 N–H and O–H groups in total. The van der Waals surface area contributed by atoms with Crippen LogP contribution in [0.3, 0.4) is 0 Å². The fourth-order valence-electron chi connectivity index (χ4n) is 1.88. The van der Waals surface area contributed by atoms with Gasteiger partial charge in [-0.25, -0.2) is 14.5 Å². The monoisotopic (exact) mass is 296 g/mol. The lowest BCUT2D eigenvalue weighted by atomic mass is 10.0. The van der Waals surface area contributed by atoms with Crippen molar-refractivity contribution in [2.45, 2.75) is 34.6 Å². The molecular weight excluding hydrogens is 276 g/mol. The van der Waals surface area contributed by atoms with Crippen LogP contribution in [0.15, 0.2) is 12.1 Å². The Hall–Kier alpha value is -2.08. The maximum Gasteiger partial charge on any atom is 0.543 e. The van der Waals surface area contributed by atoms with Crippen molar-refractivity contribution in [1.82, 2.24) is 0 Å². The molecule has 0 heterocycles. The first-order valence-electron chi connectivity index (χ1n) is 6.61. The number of carbonyl (C=O) groups excluding carboxylic acids is 2. The van der Waals surface area contributed by atoms with Gasteiger partial charge in [0.15, 0.2) is 0 Å². The molecule has 6 nitrogen and oxygen atoms in total. The lowest BCUT2D eigenvalue weighted by molar-refractivity contribution is -0.452. The number of benzene rings is 1. The number of hydrogen-bond donors (Lipinski definition) is 0. The molecule has 0 unspecified atom stereocenters. The first-order chi connectivity index (χ1) is 9.81. The minimum absolute atomic E-state index is 0.165. The molecule has 0 aliphatic rings. The summed E-state index contributed by atoms with van der Waals surface area (Å²) in [6.07, 6.45) is -1.06. The molecule has 0 spiro atoms. The van der Waals surface area contributed by atoms with E-state index in [1.54, 1.807) is 13.8 Å². The quantitative estimate of drug-likeness (QED) is 0.471. The summed E-state index contributed by atoms with van der Waals surface area (Å²) < 4.78 is 4.68. The highest BCUT2D eigenvalue weighted by Crippen LogP contribution is 2.17. The first-order valence-corrected chi connectivity index (χ1v) is 6.61. The fourth-order valence-corrected chi connectivity index (χ4v) is 1.88. The summed E-state index contributed by atoms with van der Waals surface area (Å²) in [5.41, 5.74) is 2.92. The summed E-state index contributed by atoms with van der Waals surface area (Å²) in [5, 5.41) is 4.16. The van der Waals surface area contributed by atoms with Crippen molar-refractivity contribution < 1.29 is 29.1 Å². The summed E-state index contributed by atoms with van der Waals surface area (Å²) in [7, 11) is 0. The highest BCUT2D eigenvalue weighted by atomic mass is 17.5. The van der Waals surface area contributed by atoms with Crippen molar-refractivity contribution in [3.63, 3.8) is 0 Å². The Kier molecular flexibility index (Phi) is 6.17. The third-order valence-electron chi connectivity index (χ3n) is 2.63. The number of ether oxygens (including phenoxy) is 1. The van der Waals surface area contributed by atoms with Gasteiger partial charge in [-0.2, -0.15) is 0 Å². The second-order valence-corrected chi connectivity index (χ2v) is 5.25. The van der Waals surface area contributed by atoms with Crippen LogP contribution < -0.4 is 0 Å². The van der Waals surface area contributed by atoms with Gasteiger partial charge in [-0.3, -0.25) is 4.89 Å². The molecule has 0 bridgehead atoms. The maximum absolute atomic E-state index is 11.9. The van der Waals surface area contributed by atoms with Crippen molar-refractivity contribution in [2.24, 2.45) is 5.92 Å². The SMILES string of the molecule is Cc1cc(C)c(C(=O)OOOC(=O)OCC(C)C)c(C)c1. The predicted octanol–water partition coefficient (Wildman–Crippen LogP) is 3.42. The van der Waals surface area contributed by atoms with E-state index in [9.17, 15) is 9.59 Å².